The Kier molecular flexibility index (Phi) is 11.8. The van der Waals surface area contributed by atoms with Crippen LogP contribution in [0.4, 0.5) is 62.6 Å². The molecule has 0 spiro atoms. The fourth-order valence-corrected chi connectivity index (χ4v) is 9.70. The minimum absolute atomic E-state index is 0.293. The van der Waals surface area contributed by atoms with Crippen LogP contribution in [0.5, 0.6) is 23.0 Å². The van der Waals surface area contributed by atoms with Crippen molar-refractivity contribution in [2.75, 3.05) is 64.3 Å². The molecule has 0 fully saturated rings. The molecule has 10 heteroatoms. The largest absolute Gasteiger partial charge is 0.454 e. The Morgan fingerprint density at radius 1 is 0.391 bits per heavy atom. The standard InChI is InChI=1S/2C22H20N2O2.C15H16N2/c2*1-15-6-8-18(24-11-10-16-4-2-3-5-20(16)24)13-19(15)23-17-7-9-21-22(12-17)26-14-25-21;1-11-6-7-13(10-14(11)16)17-9-8-12-4-2-3-5-15(12)17/h2*2-9,12-13,23H,10-11,14H2,1H3;2-7,10H,8-9,16H2,1H3. The van der Waals surface area contributed by atoms with Crippen LogP contribution in [-0.2, 0) is 19.3 Å². The Hall–Kier alpha value is -8.24. The van der Waals surface area contributed by atoms with Crippen molar-refractivity contribution in [3.63, 3.8) is 0 Å². The van der Waals surface area contributed by atoms with E-state index >= 15 is 0 Å². The zero-order chi connectivity index (χ0) is 46.8. The average Bonchev–Trinajstić information content (AvgIpc) is 4.25. The van der Waals surface area contributed by atoms with Gasteiger partial charge in [0.25, 0.3) is 0 Å². The number of hydrogen-bond donors (Lipinski definition) is 3. The maximum atomic E-state index is 5.98. The van der Waals surface area contributed by atoms with Gasteiger partial charge in [0.1, 0.15) is 0 Å². The summed E-state index contributed by atoms with van der Waals surface area (Å²) in [6, 6.07) is 57.2. The van der Waals surface area contributed by atoms with E-state index in [4.69, 9.17) is 24.7 Å². The molecular formula is C59H56N6O4. The second kappa shape index (κ2) is 18.8. The number of nitrogens with zero attached hydrogens (tertiary/aromatic N) is 3. The van der Waals surface area contributed by atoms with Crippen LogP contribution in [0.1, 0.15) is 33.4 Å². The Bertz CT molecular complexity index is 3030. The van der Waals surface area contributed by atoms with Crippen LogP contribution in [0.2, 0.25) is 0 Å². The molecule has 346 valence electrons. The van der Waals surface area contributed by atoms with Crippen molar-refractivity contribution >= 4 is 62.6 Å². The Morgan fingerprint density at radius 2 is 0.768 bits per heavy atom. The lowest BCUT2D eigenvalue weighted by atomic mass is 10.1. The number of anilines is 11. The van der Waals surface area contributed by atoms with E-state index in [9.17, 15) is 0 Å². The monoisotopic (exact) mass is 912 g/mol. The summed E-state index contributed by atoms with van der Waals surface area (Å²) in [6.45, 7) is 9.95. The predicted molar refractivity (Wildman–Crippen MR) is 281 cm³/mol. The van der Waals surface area contributed by atoms with E-state index in [1.807, 2.05) is 43.3 Å². The van der Waals surface area contributed by atoms with Gasteiger partial charge in [0.15, 0.2) is 23.0 Å². The highest BCUT2D eigenvalue weighted by atomic mass is 16.7. The highest BCUT2D eigenvalue weighted by Gasteiger charge is 2.23. The Labute approximate surface area is 404 Å². The quantitative estimate of drug-likeness (QED) is 0.134. The smallest absolute Gasteiger partial charge is 0.231 e. The number of para-hydroxylation sites is 3. The summed E-state index contributed by atoms with van der Waals surface area (Å²) in [5.41, 5.74) is 26.4. The highest BCUT2D eigenvalue weighted by molar-refractivity contribution is 5.78. The van der Waals surface area contributed by atoms with Gasteiger partial charge in [-0.05, 0) is 152 Å². The number of ether oxygens (including phenoxy) is 4. The molecule has 0 saturated heterocycles. The van der Waals surface area contributed by atoms with Gasteiger partial charge < -0.3 is 50.0 Å². The summed E-state index contributed by atoms with van der Waals surface area (Å²) < 4.78 is 21.7. The third-order valence-corrected chi connectivity index (χ3v) is 13.6. The molecular weight excluding hydrogens is 857 g/mol. The van der Waals surface area contributed by atoms with Gasteiger partial charge in [-0.15, -0.1) is 0 Å². The SMILES string of the molecule is Cc1ccc(N2CCc3ccccc32)cc1N.Cc1ccc(N2CCc3ccccc32)cc1Nc1ccc2c(c1)OCO2.Cc1ccc(N2CCc3ccccc32)cc1Nc1ccc2c(c1)OCO2. The number of benzene rings is 8. The number of hydrogen-bond acceptors (Lipinski definition) is 10. The summed E-state index contributed by atoms with van der Waals surface area (Å²) >= 11 is 0. The maximum Gasteiger partial charge on any atom is 0.231 e. The molecule has 0 unspecified atom stereocenters. The fourth-order valence-electron chi connectivity index (χ4n) is 9.70. The van der Waals surface area contributed by atoms with Gasteiger partial charge in [0.05, 0.1) is 0 Å². The molecule has 8 aromatic carbocycles. The molecule has 8 aromatic rings. The molecule has 5 aliphatic heterocycles. The van der Waals surface area contributed by atoms with Gasteiger partial charge >= 0.3 is 0 Å². The van der Waals surface area contributed by atoms with Crippen LogP contribution in [0, 0.1) is 20.8 Å². The van der Waals surface area contributed by atoms with Crippen LogP contribution in [0.3, 0.4) is 0 Å². The molecule has 0 radical (unpaired) electrons. The first-order valence-corrected chi connectivity index (χ1v) is 23.8. The van der Waals surface area contributed by atoms with Crippen molar-refractivity contribution in [2.45, 2.75) is 40.0 Å². The molecule has 0 aliphatic carbocycles. The van der Waals surface area contributed by atoms with Crippen molar-refractivity contribution in [3.8, 4) is 23.0 Å². The number of aryl methyl sites for hydroxylation is 3. The summed E-state index contributed by atoms with van der Waals surface area (Å²) in [5, 5.41) is 7.06. The van der Waals surface area contributed by atoms with Crippen molar-refractivity contribution in [1.82, 2.24) is 0 Å². The van der Waals surface area contributed by atoms with Crippen LogP contribution < -0.4 is 50.0 Å². The topological polar surface area (TPSA) is 96.7 Å². The van der Waals surface area contributed by atoms with Crippen LogP contribution in [0.15, 0.2) is 164 Å². The van der Waals surface area contributed by atoms with E-state index in [1.165, 1.54) is 61.9 Å². The molecule has 0 aromatic heterocycles. The first-order valence-electron chi connectivity index (χ1n) is 23.8. The van der Waals surface area contributed by atoms with Crippen molar-refractivity contribution < 1.29 is 18.9 Å². The number of nitrogens with two attached hydrogens (primary N) is 1. The number of fused-ring (bicyclic) bond motifs is 5. The van der Waals surface area contributed by atoms with E-state index in [1.54, 1.807) is 0 Å². The van der Waals surface area contributed by atoms with Gasteiger partial charge in [-0.2, -0.15) is 0 Å². The summed E-state index contributed by atoms with van der Waals surface area (Å²) in [7, 11) is 0. The normalized spacial score (nSPS) is 14.3. The lowest BCUT2D eigenvalue weighted by molar-refractivity contribution is 0.173. The van der Waals surface area contributed by atoms with E-state index < -0.39 is 0 Å². The van der Waals surface area contributed by atoms with Gasteiger partial charge in [-0.1, -0.05) is 72.8 Å². The Morgan fingerprint density at radius 3 is 1.19 bits per heavy atom. The third-order valence-electron chi connectivity index (χ3n) is 13.6. The summed E-state index contributed by atoms with van der Waals surface area (Å²) in [6.07, 6.45) is 3.30. The molecule has 0 saturated carbocycles. The van der Waals surface area contributed by atoms with Gasteiger partial charge in [0.2, 0.25) is 13.6 Å². The van der Waals surface area contributed by atoms with E-state index in [2.05, 4.69) is 167 Å². The van der Waals surface area contributed by atoms with Crippen molar-refractivity contribution in [3.05, 3.63) is 197 Å². The predicted octanol–water partition coefficient (Wildman–Crippen LogP) is 13.6. The zero-order valence-corrected chi connectivity index (χ0v) is 39.3. The average molecular weight is 913 g/mol. The van der Waals surface area contributed by atoms with Gasteiger partial charge in [-0.3, -0.25) is 0 Å². The number of nitrogen functional groups attached to an aromatic ring is 1. The first-order chi connectivity index (χ1) is 33.8. The minimum atomic E-state index is 0.293. The molecule has 13 rings (SSSR count). The molecule has 5 heterocycles. The van der Waals surface area contributed by atoms with Crippen molar-refractivity contribution in [2.24, 2.45) is 0 Å². The molecule has 0 bridgehead atoms. The van der Waals surface area contributed by atoms with Crippen LogP contribution >= 0.6 is 0 Å². The van der Waals surface area contributed by atoms with Gasteiger partial charge in [0, 0.05) is 94.3 Å². The minimum Gasteiger partial charge on any atom is -0.454 e. The third kappa shape index (κ3) is 9.01. The highest BCUT2D eigenvalue weighted by Crippen LogP contribution is 2.41. The molecule has 10 nitrogen and oxygen atoms in total. The van der Waals surface area contributed by atoms with E-state index in [0.29, 0.717) is 13.6 Å². The maximum absolute atomic E-state index is 5.98. The van der Waals surface area contributed by atoms with E-state index in [-0.39, 0.29) is 0 Å². The lowest BCUT2D eigenvalue weighted by Gasteiger charge is -2.21. The van der Waals surface area contributed by atoms with E-state index in [0.717, 1.165) is 95.9 Å². The lowest BCUT2D eigenvalue weighted by Crippen LogP contribution is -2.13. The van der Waals surface area contributed by atoms with Crippen molar-refractivity contribution in [1.29, 1.82) is 0 Å². The fraction of sp³-hybridized carbons (Fsp3) is 0.186. The molecule has 0 amide bonds. The second-order valence-corrected chi connectivity index (χ2v) is 18.0. The van der Waals surface area contributed by atoms with Gasteiger partial charge in [-0.25, -0.2) is 0 Å². The molecule has 69 heavy (non-hydrogen) atoms. The summed E-state index contributed by atoms with van der Waals surface area (Å²) in [4.78, 5) is 7.12. The second-order valence-electron chi connectivity index (χ2n) is 18.0. The zero-order valence-electron chi connectivity index (χ0n) is 39.3. The number of rotatable bonds is 7. The molecule has 5 aliphatic rings. The van der Waals surface area contributed by atoms with Crippen LogP contribution in [-0.4, -0.2) is 33.2 Å². The summed E-state index contributed by atoms with van der Waals surface area (Å²) in [5.74, 6) is 3.18. The number of nitrogens with one attached hydrogen (secondary N) is 2. The Balaban J connectivity index is 0.000000116. The van der Waals surface area contributed by atoms with Crippen LogP contribution in [0.25, 0.3) is 0 Å². The first kappa shape index (κ1) is 43.3. The molecule has 4 N–H and O–H groups in total. The molecule has 0 atom stereocenters.